The van der Waals surface area contributed by atoms with Crippen LogP contribution < -0.4 is 32.6 Å². The summed E-state index contributed by atoms with van der Waals surface area (Å²) in [5.41, 5.74) is 18.6. The van der Waals surface area contributed by atoms with Crippen LogP contribution in [0.2, 0.25) is 5.02 Å². The molecular weight excluding hydrogens is 484 g/mol. The third-order valence-electron chi connectivity index (χ3n) is 5.50. The van der Waals surface area contributed by atoms with Crippen molar-refractivity contribution >= 4 is 35.0 Å². The lowest BCUT2D eigenvalue weighted by Gasteiger charge is -2.24. The highest BCUT2D eigenvalue weighted by Crippen LogP contribution is 2.27. The Morgan fingerprint density at radius 3 is 2.28 bits per heavy atom. The number of nitrogens with one attached hydrogen (secondary N) is 2. The van der Waals surface area contributed by atoms with Gasteiger partial charge in [0.2, 0.25) is 17.7 Å². The number of carbonyl (C=O) groups excluding carboxylic acids is 3. The zero-order chi connectivity index (χ0) is 26.5. The van der Waals surface area contributed by atoms with Gasteiger partial charge in [0.15, 0.2) is 0 Å². The third kappa shape index (κ3) is 9.12. The molecular formula is C25H35ClN6O4. The van der Waals surface area contributed by atoms with Crippen LogP contribution in [0.15, 0.2) is 48.5 Å². The minimum Gasteiger partial charge on any atom is -0.495 e. The van der Waals surface area contributed by atoms with E-state index in [2.05, 4.69) is 10.6 Å². The molecule has 0 heterocycles. The van der Waals surface area contributed by atoms with Crippen LogP contribution in [0.4, 0.5) is 5.69 Å². The van der Waals surface area contributed by atoms with Gasteiger partial charge < -0.3 is 37.5 Å². The van der Waals surface area contributed by atoms with Crippen molar-refractivity contribution in [2.45, 2.75) is 31.3 Å². The summed E-state index contributed by atoms with van der Waals surface area (Å²) in [5, 5.41) is 5.80. The zero-order valence-electron chi connectivity index (χ0n) is 20.4. The number of halogens is 1. The Morgan fingerprint density at radius 1 is 1.03 bits per heavy atom. The summed E-state index contributed by atoms with van der Waals surface area (Å²) in [6.45, 7) is 1.17. The first-order valence-electron chi connectivity index (χ1n) is 11.7. The summed E-state index contributed by atoms with van der Waals surface area (Å²) < 4.78 is 5.14. The van der Waals surface area contributed by atoms with Crippen LogP contribution in [-0.4, -0.2) is 68.0 Å². The third-order valence-corrected chi connectivity index (χ3v) is 5.79. The molecule has 0 aliphatic rings. The van der Waals surface area contributed by atoms with Crippen LogP contribution in [-0.2, 0) is 20.8 Å². The van der Waals surface area contributed by atoms with Crippen LogP contribution in [0.1, 0.15) is 18.4 Å². The van der Waals surface area contributed by atoms with E-state index >= 15 is 0 Å². The topological polar surface area (TPSA) is 166 Å². The fourth-order valence-corrected chi connectivity index (χ4v) is 3.82. The van der Waals surface area contributed by atoms with Gasteiger partial charge in [0.1, 0.15) is 11.8 Å². The predicted molar refractivity (Wildman–Crippen MR) is 141 cm³/mol. The number of amides is 3. The summed E-state index contributed by atoms with van der Waals surface area (Å²) in [6.07, 6.45) is 0.628. The Balaban J connectivity index is 2.10. The molecule has 2 rings (SSSR count). The summed E-state index contributed by atoms with van der Waals surface area (Å²) >= 11 is 6.16. The number of rotatable bonds is 14. The van der Waals surface area contributed by atoms with Crippen LogP contribution in [0.25, 0.3) is 0 Å². The lowest BCUT2D eigenvalue weighted by Crippen LogP contribution is -2.52. The van der Waals surface area contributed by atoms with Crippen molar-refractivity contribution in [3.8, 4) is 5.75 Å². The van der Waals surface area contributed by atoms with Gasteiger partial charge in [-0.15, -0.1) is 0 Å². The van der Waals surface area contributed by atoms with E-state index in [4.69, 9.17) is 33.5 Å². The first kappa shape index (κ1) is 29.1. The molecule has 0 fully saturated rings. The summed E-state index contributed by atoms with van der Waals surface area (Å²) in [5.74, 6) is -0.902. The van der Waals surface area contributed by atoms with Gasteiger partial charge in [-0.3, -0.25) is 14.4 Å². The Morgan fingerprint density at radius 2 is 1.69 bits per heavy atom. The maximum absolute atomic E-state index is 13.1. The average molecular weight is 519 g/mol. The quantitative estimate of drug-likeness (QED) is 0.247. The minimum absolute atomic E-state index is 0.229. The van der Waals surface area contributed by atoms with Crippen molar-refractivity contribution in [3.05, 3.63) is 59.1 Å². The van der Waals surface area contributed by atoms with Crippen molar-refractivity contribution in [1.29, 1.82) is 0 Å². The molecule has 0 saturated heterocycles. The largest absolute Gasteiger partial charge is 0.495 e. The predicted octanol–water partition coefficient (Wildman–Crippen LogP) is 0.868. The Labute approximate surface area is 216 Å². The van der Waals surface area contributed by atoms with E-state index in [-0.39, 0.29) is 25.4 Å². The van der Waals surface area contributed by atoms with Crippen LogP contribution in [0.3, 0.4) is 0 Å². The number of hydrogen-bond acceptors (Lipinski definition) is 7. The number of anilines is 1. The molecule has 196 valence electrons. The van der Waals surface area contributed by atoms with Crippen molar-refractivity contribution < 1.29 is 19.1 Å². The monoisotopic (exact) mass is 518 g/mol. The van der Waals surface area contributed by atoms with Gasteiger partial charge >= 0.3 is 0 Å². The molecule has 36 heavy (non-hydrogen) atoms. The minimum atomic E-state index is -1.14. The van der Waals surface area contributed by atoms with Gasteiger partial charge in [0, 0.05) is 31.9 Å². The van der Waals surface area contributed by atoms with E-state index in [1.165, 1.54) is 12.0 Å². The number of benzene rings is 2. The second-order valence-electron chi connectivity index (χ2n) is 8.19. The molecule has 0 saturated carbocycles. The van der Waals surface area contributed by atoms with E-state index in [1.54, 1.807) is 18.2 Å². The van der Waals surface area contributed by atoms with Gasteiger partial charge in [-0.2, -0.15) is 0 Å². The molecule has 11 heteroatoms. The highest BCUT2D eigenvalue weighted by Gasteiger charge is 2.26. The van der Waals surface area contributed by atoms with E-state index < -0.39 is 23.9 Å². The molecule has 8 N–H and O–H groups in total. The lowest BCUT2D eigenvalue weighted by atomic mass is 10.0. The fourth-order valence-electron chi connectivity index (χ4n) is 3.56. The maximum atomic E-state index is 13.1. The van der Waals surface area contributed by atoms with Crippen molar-refractivity contribution in [1.82, 2.24) is 10.2 Å². The van der Waals surface area contributed by atoms with Crippen LogP contribution >= 0.6 is 11.6 Å². The highest BCUT2D eigenvalue weighted by molar-refractivity contribution is 6.32. The van der Waals surface area contributed by atoms with Gasteiger partial charge in [-0.05, 0) is 36.6 Å². The number of nitrogens with zero attached hydrogens (tertiary/aromatic N) is 1. The standard InChI is InChI=1S/C25H35ClN6O4/c1-36-22-10-8-18(15-19(22)26)30-25(35)21(9-7-17-5-3-2-4-6-17)31-24(34)20(29)16-23(33)32(13-11-27)14-12-28/h2-6,8,10,15,20-21H,7,9,11-14,16,27-29H2,1H3,(H,30,35)(H,31,34)/t20-,21-/m0/s1. The molecule has 3 amide bonds. The first-order chi connectivity index (χ1) is 17.3. The summed E-state index contributed by atoms with van der Waals surface area (Å²) in [6, 6.07) is 12.4. The number of ether oxygens (including phenoxy) is 1. The first-order valence-corrected chi connectivity index (χ1v) is 12.1. The van der Waals surface area contributed by atoms with Crippen molar-refractivity contribution in [3.63, 3.8) is 0 Å². The smallest absolute Gasteiger partial charge is 0.246 e. The summed E-state index contributed by atoms with van der Waals surface area (Å²) in [4.78, 5) is 40.0. The van der Waals surface area contributed by atoms with Crippen LogP contribution in [0, 0.1) is 0 Å². The summed E-state index contributed by atoms with van der Waals surface area (Å²) in [7, 11) is 1.49. The molecule has 0 spiro atoms. The van der Waals surface area contributed by atoms with E-state index in [9.17, 15) is 14.4 Å². The molecule has 2 atom stereocenters. The SMILES string of the molecule is COc1ccc(NC(=O)[C@H](CCc2ccccc2)NC(=O)[C@@H](N)CC(=O)N(CCN)CCN)cc1Cl. The Kier molecular flexibility index (Phi) is 12.1. The normalized spacial score (nSPS) is 12.4. The number of methoxy groups -OCH3 is 1. The molecule has 0 unspecified atom stereocenters. The maximum Gasteiger partial charge on any atom is 0.246 e. The van der Waals surface area contributed by atoms with Gasteiger partial charge in [0.25, 0.3) is 0 Å². The second kappa shape index (κ2) is 15.0. The molecule has 2 aromatic carbocycles. The van der Waals surface area contributed by atoms with Gasteiger partial charge in [0.05, 0.1) is 24.6 Å². The lowest BCUT2D eigenvalue weighted by molar-refractivity contribution is -0.134. The number of nitrogens with two attached hydrogens (primary N) is 3. The van der Waals surface area contributed by atoms with Crippen molar-refractivity contribution in [2.24, 2.45) is 17.2 Å². The molecule has 10 nitrogen and oxygen atoms in total. The molecule has 0 aliphatic heterocycles. The molecule has 0 radical (unpaired) electrons. The molecule has 2 aromatic rings. The van der Waals surface area contributed by atoms with E-state index in [0.717, 1.165) is 5.56 Å². The van der Waals surface area contributed by atoms with Crippen molar-refractivity contribution in [2.75, 3.05) is 38.6 Å². The number of carbonyl (C=O) groups is 3. The molecule has 0 bridgehead atoms. The van der Waals surface area contributed by atoms with Gasteiger partial charge in [-0.25, -0.2) is 0 Å². The number of hydrogen-bond donors (Lipinski definition) is 5. The Hall–Kier alpha value is -3.18. The zero-order valence-corrected chi connectivity index (χ0v) is 21.2. The van der Waals surface area contributed by atoms with Gasteiger partial charge in [-0.1, -0.05) is 41.9 Å². The van der Waals surface area contributed by atoms with E-state index in [0.29, 0.717) is 42.4 Å². The van der Waals surface area contributed by atoms with Crippen LogP contribution in [0.5, 0.6) is 5.75 Å². The highest BCUT2D eigenvalue weighted by atomic mass is 35.5. The Bertz CT molecular complexity index is 1000. The second-order valence-corrected chi connectivity index (χ2v) is 8.60. The average Bonchev–Trinajstić information content (AvgIpc) is 2.86. The number of aryl methyl sites for hydroxylation is 1. The molecule has 0 aliphatic carbocycles. The van der Waals surface area contributed by atoms with E-state index in [1.807, 2.05) is 30.3 Å². The molecule has 0 aromatic heterocycles. The fraction of sp³-hybridized carbons (Fsp3) is 0.400.